The van der Waals surface area contributed by atoms with Crippen molar-refractivity contribution < 1.29 is 13.2 Å². The molecular formula is C15H14ClN2O3S. The maximum atomic E-state index is 12.2. The lowest BCUT2D eigenvalue weighted by molar-refractivity contribution is -0.114. The summed E-state index contributed by atoms with van der Waals surface area (Å²) < 4.78 is 26.8. The van der Waals surface area contributed by atoms with E-state index in [1.807, 2.05) is 0 Å². The monoisotopic (exact) mass is 337 g/mol. The Kier molecular flexibility index (Phi) is 5.18. The van der Waals surface area contributed by atoms with E-state index in [1.165, 1.54) is 31.2 Å². The molecule has 0 spiro atoms. The molecule has 0 heterocycles. The number of halogens is 1. The molecular weight excluding hydrogens is 324 g/mol. The average Bonchev–Trinajstić information content (AvgIpc) is 2.47. The summed E-state index contributed by atoms with van der Waals surface area (Å²) in [5.74, 6) is -0.216. The van der Waals surface area contributed by atoms with Crippen molar-refractivity contribution in [3.63, 3.8) is 0 Å². The van der Waals surface area contributed by atoms with E-state index in [4.69, 9.17) is 11.6 Å². The van der Waals surface area contributed by atoms with Crippen molar-refractivity contribution in [2.75, 3.05) is 5.32 Å². The second-order valence-corrected chi connectivity index (χ2v) is 6.77. The summed E-state index contributed by atoms with van der Waals surface area (Å²) in [6, 6.07) is 13.8. The van der Waals surface area contributed by atoms with E-state index in [0.717, 1.165) is 0 Å². The predicted molar refractivity (Wildman–Crippen MR) is 85.1 cm³/mol. The third kappa shape index (κ3) is 4.56. The van der Waals surface area contributed by atoms with Gasteiger partial charge in [-0.3, -0.25) is 4.79 Å². The van der Waals surface area contributed by atoms with Gasteiger partial charge >= 0.3 is 0 Å². The molecule has 7 heteroatoms. The van der Waals surface area contributed by atoms with Crippen molar-refractivity contribution in [2.24, 2.45) is 0 Å². The van der Waals surface area contributed by atoms with Crippen LogP contribution in [0.4, 0.5) is 5.69 Å². The molecule has 2 aromatic carbocycles. The zero-order chi connectivity index (χ0) is 16.2. The lowest BCUT2D eigenvalue weighted by atomic mass is 10.2. The Morgan fingerprint density at radius 3 is 2.41 bits per heavy atom. The van der Waals surface area contributed by atoms with Crippen LogP contribution in [0.1, 0.15) is 12.5 Å². The highest BCUT2D eigenvalue weighted by Gasteiger charge is 2.13. The Morgan fingerprint density at radius 2 is 1.86 bits per heavy atom. The quantitative estimate of drug-likeness (QED) is 0.880. The van der Waals surface area contributed by atoms with Crippen LogP contribution < -0.4 is 10.0 Å². The maximum absolute atomic E-state index is 12.2. The molecule has 2 rings (SSSR count). The van der Waals surface area contributed by atoms with Crippen LogP contribution in [0.15, 0.2) is 47.4 Å². The molecule has 5 nitrogen and oxygen atoms in total. The van der Waals surface area contributed by atoms with Gasteiger partial charge in [0.25, 0.3) is 0 Å². The van der Waals surface area contributed by atoms with Gasteiger partial charge in [-0.15, -0.1) is 0 Å². The standard InChI is InChI=1S/C15H14ClN2O3S/c1-11(19)18-14-6-8-15(9-7-14)22(20,21)17-10-12-2-4-13(16)5-3-12/h2,4-9,17H,10H2,1H3,(H,18,19). The van der Waals surface area contributed by atoms with Crippen molar-refractivity contribution in [3.05, 3.63) is 59.1 Å². The highest BCUT2D eigenvalue weighted by molar-refractivity contribution is 7.89. The number of hydrogen-bond donors (Lipinski definition) is 2. The fourth-order valence-electron chi connectivity index (χ4n) is 1.72. The largest absolute Gasteiger partial charge is 0.326 e. The fraction of sp³-hybridized carbons (Fsp3) is 0.133. The van der Waals surface area contributed by atoms with Gasteiger partial charge in [-0.25, -0.2) is 13.1 Å². The molecule has 1 amide bonds. The molecule has 0 bridgehead atoms. The first-order valence-corrected chi connectivity index (χ1v) is 8.26. The highest BCUT2D eigenvalue weighted by Crippen LogP contribution is 2.15. The fourth-order valence-corrected chi connectivity index (χ4v) is 2.85. The molecule has 0 unspecified atom stereocenters. The molecule has 115 valence electrons. The van der Waals surface area contributed by atoms with Gasteiger partial charge in [0.1, 0.15) is 0 Å². The molecule has 0 saturated heterocycles. The number of rotatable bonds is 5. The van der Waals surface area contributed by atoms with E-state index >= 15 is 0 Å². The SMILES string of the molecule is CC(=O)Nc1ccc(S(=O)(=O)NCc2[c]cc(Cl)cc2)cc1. The molecule has 0 aromatic heterocycles. The molecule has 0 fully saturated rings. The number of nitrogens with one attached hydrogen (secondary N) is 2. The smallest absolute Gasteiger partial charge is 0.240 e. The summed E-state index contributed by atoms with van der Waals surface area (Å²) in [6.45, 7) is 1.50. The molecule has 0 aliphatic rings. The van der Waals surface area contributed by atoms with Crippen LogP contribution in [-0.2, 0) is 21.4 Å². The topological polar surface area (TPSA) is 75.3 Å². The molecule has 0 aliphatic heterocycles. The van der Waals surface area contributed by atoms with Crippen LogP contribution in [0.3, 0.4) is 0 Å². The third-order valence-corrected chi connectivity index (χ3v) is 4.43. The maximum Gasteiger partial charge on any atom is 0.240 e. The van der Waals surface area contributed by atoms with E-state index in [-0.39, 0.29) is 17.3 Å². The van der Waals surface area contributed by atoms with E-state index in [2.05, 4.69) is 16.1 Å². The minimum atomic E-state index is -3.63. The normalized spacial score (nSPS) is 11.2. The molecule has 1 radical (unpaired) electrons. The number of carbonyl (C=O) groups excluding carboxylic acids is 1. The van der Waals surface area contributed by atoms with Gasteiger partial charge in [-0.1, -0.05) is 17.7 Å². The average molecular weight is 338 g/mol. The second kappa shape index (κ2) is 6.91. The molecule has 0 atom stereocenters. The van der Waals surface area contributed by atoms with Gasteiger partial charge < -0.3 is 5.32 Å². The molecule has 2 aromatic rings. The lowest BCUT2D eigenvalue weighted by Crippen LogP contribution is -2.23. The van der Waals surface area contributed by atoms with Crippen molar-refractivity contribution in [1.29, 1.82) is 0 Å². The summed E-state index contributed by atoms with van der Waals surface area (Å²) in [5, 5.41) is 3.12. The first kappa shape index (κ1) is 16.5. The third-order valence-electron chi connectivity index (χ3n) is 2.78. The van der Waals surface area contributed by atoms with Crippen LogP contribution in [0.5, 0.6) is 0 Å². The van der Waals surface area contributed by atoms with Gasteiger partial charge in [0.2, 0.25) is 15.9 Å². The van der Waals surface area contributed by atoms with E-state index < -0.39 is 10.0 Å². The Balaban J connectivity index is 2.06. The molecule has 0 saturated carbocycles. The summed E-state index contributed by atoms with van der Waals surface area (Å²) in [4.78, 5) is 11.0. The summed E-state index contributed by atoms with van der Waals surface area (Å²) in [6.07, 6.45) is 0. The second-order valence-electron chi connectivity index (χ2n) is 4.56. The number of hydrogen-bond acceptors (Lipinski definition) is 3. The van der Waals surface area contributed by atoms with E-state index in [9.17, 15) is 13.2 Å². The number of benzene rings is 2. The Labute approximate surface area is 134 Å². The van der Waals surface area contributed by atoms with E-state index in [0.29, 0.717) is 16.3 Å². The van der Waals surface area contributed by atoms with Crippen molar-refractivity contribution in [3.8, 4) is 0 Å². The molecule has 0 aliphatic carbocycles. The highest BCUT2D eigenvalue weighted by atomic mass is 35.5. The zero-order valence-electron chi connectivity index (χ0n) is 11.8. The minimum Gasteiger partial charge on any atom is -0.326 e. The van der Waals surface area contributed by atoms with Crippen molar-refractivity contribution in [2.45, 2.75) is 18.4 Å². The van der Waals surface area contributed by atoms with Gasteiger partial charge in [0.05, 0.1) is 4.90 Å². The Hall–Kier alpha value is -1.89. The van der Waals surface area contributed by atoms with Crippen molar-refractivity contribution >= 4 is 33.2 Å². The van der Waals surface area contributed by atoms with Gasteiger partial charge in [-0.05, 0) is 48.0 Å². The first-order valence-electron chi connectivity index (χ1n) is 6.40. The summed E-state index contributed by atoms with van der Waals surface area (Å²) >= 11 is 5.75. The first-order chi connectivity index (χ1) is 10.4. The minimum absolute atomic E-state index is 0.118. The number of carbonyl (C=O) groups is 1. The molecule has 2 N–H and O–H groups in total. The van der Waals surface area contributed by atoms with Crippen molar-refractivity contribution in [1.82, 2.24) is 4.72 Å². The number of amides is 1. The lowest BCUT2D eigenvalue weighted by Gasteiger charge is -2.08. The number of anilines is 1. The van der Waals surface area contributed by atoms with Crippen LogP contribution >= 0.6 is 11.6 Å². The summed E-state index contributed by atoms with van der Waals surface area (Å²) in [7, 11) is -3.63. The summed E-state index contributed by atoms with van der Waals surface area (Å²) in [5.41, 5.74) is 1.22. The molecule has 22 heavy (non-hydrogen) atoms. The number of sulfonamides is 1. The van der Waals surface area contributed by atoms with Crippen LogP contribution in [-0.4, -0.2) is 14.3 Å². The van der Waals surface area contributed by atoms with Crippen LogP contribution in [0, 0.1) is 6.07 Å². The Morgan fingerprint density at radius 1 is 1.18 bits per heavy atom. The van der Waals surface area contributed by atoms with Gasteiger partial charge in [0.15, 0.2) is 0 Å². The van der Waals surface area contributed by atoms with Gasteiger partial charge in [-0.2, -0.15) is 0 Å². The van der Waals surface area contributed by atoms with Gasteiger partial charge in [0, 0.05) is 24.2 Å². The zero-order valence-corrected chi connectivity index (χ0v) is 13.3. The van der Waals surface area contributed by atoms with E-state index in [1.54, 1.807) is 18.2 Å². The predicted octanol–water partition coefficient (Wildman–Crippen LogP) is 2.58. The van der Waals surface area contributed by atoms with Crippen LogP contribution in [0.2, 0.25) is 5.02 Å². The Bertz CT molecular complexity index is 756. The van der Waals surface area contributed by atoms with Crippen LogP contribution in [0.25, 0.3) is 0 Å².